The molecule has 1 aliphatic rings. The van der Waals surface area contributed by atoms with Gasteiger partial charge >= 0.3 is 0 Å². The molecule has 0 aliphatic heterocycles. The van der Waals surface area contributed by atoms with Crippen LogP contribution in [0.1, 0.15) is 25.7 Å². The minimum absolute atomic E-state index is 0.0398. The largest absolute Gasteiger partial charge is 0.309 e. The molecule has 0 saturated heterocycles. The molecule has 7 heteroatoms. The van der Waals surface area contributed by atoms with E-state index in [4.69, 9.17) is 0 Å². The van der Waals surface area contributed by atoms with Crippen molar-refractivity contribution in [3.05, 3.63) is 23.8 Å². The lowest BCUT2D eigenvalue weighted by Gasteiger charge is -2.30. The number of hydrogen-bond acceptors (Lipinski definition) is 4. The van der Waals surface area contributed by atoms with Gasteiger partial charge in [-0.05, 0) is 46.0 Å². The molecule has 1 aromatic carbocycles. The summed E-state index contributed by atoms with van der Waals surface area (Å²) in [5.74, 6) is -1.21. The van der Waals surface area contributed by atoms with Crippen LogP contribution in [-0.2, 0) is 4.79 Å². The maximum atomic E-state index is 13.9. The first-order valence-corrected chi connectivity index (χ1v) is 8.99. The zero-order chi connectivity index (χ0) is 17.3. The van der Waals surface area contributed by atoms with Crippen molar-refractivity contribution in [1.82, 2.24) is 9.88 Å². The first-order valence-electron chi connectivity index (χ1n) is 8.17. The quantitative estimate of drug-likeness (QED) is 0.795. The van der Waals surface area contributed by atoms with Crippen LogP contribution in [0.4, 0.5) is 13.9 Å². The average Bonchev–Trinajstić information content (AvgIpc) is 2.85. The molecule has 0 unspecified atom stereocenters. The summed E-state index contributed by atoms with van der Waals surface area (Å²) in [4.78, 5) is 20.7. The van der Waals surface area contributed by atoms with Gasteiger partial charge in [0, 0.05) is 18.5 Å². The van der Waals surface area contributed by atoms with E-state index < -0.39 is 11.6 Å². The minimum Gasteiger partial charge on any atom is -0.309 e. The first-order chi connectivity index (χ1) is 11.5. The summed E-state index contributed by atoms with van der Waals surface area (Å²) >= 11 is 1.17. The van der Waals surface area contributed by atoms with E-state index in [2.05, 4.69) is 9.88 Å². The monoisotopic (exact) mass is 353 g/mol. The van der Waals surface area contributed by atoms with Gasteiger partial charge in [-0.15, -0.1) is 0 Å². The highest BCUT2D eigenvalue weighted by molar-refractivity contribution is 7.22. The van der Waals surface area contributed by atoms with Crippen LogP contribution in [0, 0.1) is 17.6 Å². The predicted octanol–water partition coefficient (Wildman–Crippen LogP) is 3.66. The number of rotatable bonds is 6. The first kappa shape index (κ1) is 17.2. The molecule has 24 heavy (non-hydrogen) atoms. The number of nitrogens with zero attached hydrogens (tertiary/aromatic N) is 3. The van der Waals surface area contributed by atoms with Crippen molar-refractivity contribution in [2.45, 2.75) is 25.7 Å². The molecular weight excluding hydrogens is 332 g/mol. The number of carbonyl (C=O) groups is 1. The van der Waals surface area contributed by atoms with Gasteiger partial charge in [0.15, 0.2) is 10.9 Å². The SMILES string of the molecule is CN(C)CCCN(C(=O)C1CCC1)c1nc2c(F)cc(F)cc2s1. The molecule has 1 fully saturated rings. The molecule has 4 nitrogen and oxygen atoms in total. The van der Waals surface area contributed by atoms with Gasteiger partial charge in [0.05, 0.1) is 4.70 Å². The Hall–Kier alpha value is -1.60. The van der Waals surface area contributed by atoms with E-state index in [0.717, 1.165) is 38.3 Å². The standard InChI is InChI=1S/C17H21F2N3OS/c1-21(2)7-4-8-22(16(23)11-5-3-6-11)17-20-15-13(19)9-12(18)10-14(15)24-17/h9-11H,3-8H2,1-2H3. The Morgan fingerprint density at radius 3 is 2.67 bits per heavy atom. The highest BCUT2D eigenvalue weighted by atomic mass is 32.1. The van der Waals surface area contributed by atoms with E-state index in [-0.39, 0.29) is 17.3 Å². The lowest BCUT2D eigenvalue weighted by atomic mass is 9.84. The van der Waals surface area contributed by atoms with Crippen molar-refractivity contribution < 1.29 is 13.6 Å². The van der Waals surface area contributed by atoms with Gasteiger partial charge in [-0.2, -0.15) is 0 Å². The number of halogens is 2. The summed E-state index contributed by atoms with van der Waals surface area (Å²) in [6.45, 7) is 1.39. The van der Waals surface area contributed by atoms with E-state index in [1.165, 1.54) is 17.4 Å². The molecule has 130 valence electrons. The van der Waals surface area contributed by atoms with Gasteiger partial charge in [0.2, 0.25) is 5.91 Å². The van der Waals surface area contributed by atoms with E-state index in [0.29, 0.717) is 16.4 Å². The number of thiazole rings is 1. The van der Waals surface area contributed by atoms with Gasteiger partial charge in [0.1, 0.15) is 11.3 Å². The number of benzene rings is 1. The Kier molecular flexibility index (Phi) is 5.10. The zero-order valence-electron chi connectivity index (χ0n) is 13.9. The van der Waals surface area contributed by atoms with Crippen LogP contribution < -0.4 is 4.90 Å². The minimum atomic E-state index is -0.683. The Labute approximate surface area is 144 Å². The molecular formula is C17H21F2N3OS. The van der Waals surface area contributed by atoms with Gasteiger partial charge in [-0.3, -0.25) is 9.69 Å². The maximum absolute atomic E-state index is 13.9. The van der Waals surface area contributed by atoms with Crippen LogP contribution in [0.25, 0.3) is 10.2 Å². The molecule has 1 aromatic heterocycles. The average molecular weight is 353 g/mol. The van der Waals surface area contributed by atoms with Crippen LogP contribution in [0.2, 0.25) is 0 Å². The number of fused-ring (bicyclic) bond motifs is 1. The molecule has 0 atom stereocenters. The molecule has 3 rings (SSSR count). The summed E-state index contributed by atoms with van der Waals surface area (Å²) < 4.78 is 27.7. The molecule has 1 aliphatic carbocycles. The summed E-state index contributed by atoms with van der Waals surface area (Å²) in [7, 11) is 3.96. The Bertz CT molecular complexity index is 743. The third-order valence-corrected chi connectivity index (χ3v) is 5.37. The highest BCUT2D eigenvalue weighted by Gasteiger charge is 2.31. The third-order valence-electron chi connectivity index (χ3n) is 4.34. The second-order valence-corrected chi connectivity index (χ2v) is 7.51. The number of aromatic nitrogens is 1. The molecule has 1 amide bonds. The van der Waals surface area contributed by atoms with Crippen molar-refractivity contribution in [2.24, 2.45) is 5.92 Å². The van der Waals surface area contributed by atoms with Crippen molar-refractivity contribution in [3.63, 3.8) is 0 Å². The maximum Gasteiger partial charge on any atom is 0.231 e. The Morgan fingerprint density at radius 1 is 1.29 bits per heavy atom. The summed E-state index contributed by atoms with van der Waals surface area (Å²) in [6, 6.07) is 2.10. The van der Waals surface area contributed by atoms with Crippen LogP contribution in [0.3, 0.4) is 0 Å². The van der Waals surface area contributed by atoms with E-state index in [1.54, 1.807) is 4.90 Å². The van der Waals surface area contributed by atoms with E-state index in [9.17, 15) is 13.6 Å². The highest BCUT2D eigenvalue weighted by Crippen LogP contribution is 2.35. The van der Waals surface area contributed by atoms with Crippen LogP contribution >= 0.6 is 11.3 Å². The molecule has 0 N–H and O–H groups in total. The molecule has 2 aromatic rings. The lowest BCUT2D eigenvalue weighted by Crippen LogP contribution is -2.40. The van der Waals surface area contributed by atoms with Crippen molar-refractivity contribution in [2.75, 3.05) is 32.1 Å². The van der Waals surface area contributed by atoms with Gasteiger partial charge in [-0.25, -0.2) is 13.8 Å². The zero-order valence-corrected chi connectivity index (χ0v) is 14.7. The number of hydrogen-bond donors (Lipinski definition) is 0. The van der Waals surface area contributed by atoms with Crippen LogP contribution in [0.5, 0.6) is 0 Å². The normalized spacial score (nSPS) is 15.0. The topological polar surface area (TPSA) is 36.4 Å². The van der Waals surface area contributed by atoms with E-state index in [1.807, 2.05) is 14.1 Å². The third kappa shape index (κ3) is 3.57. The fourth-order valence-electron chi connectivity index (χ4n) is 2.78. The van der Waals surface area contributed by atoms with Crippen molar-refractivity contribution in [3.8, 4) is 0 Å². The Morgan fingerprint density at radius 2 is 2.04 bits per heavy atom. The van der Waals surface area contributed by atoms with Crippen LogP contribution in [0.15, 0.2) is 12.1 Å². The predicted molar refractivity (Wildman–Crippen MR) is 92.4 cm³/mol. The fourth-order valence-corrected chi connectivity index (χ4v) is 3.82. The number of anilines is 1. The molecule has 0 radical (unpaired) electrons. The number of carbonyl (C=O) groups excluding carboxylic acids is 1. The Balaban J connectivity index is 1.88. The second kappa shape index (κ2) is 7.11. The fraction of sp³-hybridized carbons (Fsp3) is 0.529. The van der Waals surface area contributed by atoms with Crippen molar-refractivity contribution >= 4 is 32.6 Å². The van der Waals surface area contributed by atoms with Gasteiger partial charge < -0.3 is 4.90 Å². The summed E-state index contributed by atoms with van der Waals surface area (Å²) in [5, 5.41) is 0.463. The summed E-state index contributed by atoms with van der Waals surface area (Å²) in [6.07, 6.45) is 3.67. The molecule has 1 heterocycles. The second-order valence-electron chi connectivity index (χ2n) is 6.51. The van der Waals surface area contributed by atoms with Crippen LogP contribution in [-0.4, -0.2) is 43.0 Å². The lowest BCUT2D eigenvalue weighted by molar-refractivity contribution is -0.124. The molecule has 0 bridgehead atoms. The van der Waals surface area contributed by atoms with Crippen molar-refractivity contribution in [1.29, 1.82) is 0 Å². The molecule has 1 saturated carbocycles. The smallest absolute Gasteiger partial charge is 0.231 e. The van der Waals surface area contributed by atoms with Gasteiger partial charge in [-0.1, -0.05) is 17.8 Å². The molecule has 0 spiro atoms. The van der Waals surface area contributed by atoms with E-state index >= 15 is 0 Å². The summed E-state index contributed by atoms with van der Waals surface area (Å²) in [5.41, 5.74) is 0.135. The van der Waals surface area contributed by atoms with Gasteiger partial charge in [0.25, 0.3) is 0 Å². The number of amides is 1.